The highest BCUT2D eigenvalue weighted by Gasteiger charge is 2.46. The van der Waals surface area contributed by atoms with E-state index in [1.807, 2.05) is 7.05 Å². The van der Waals surface area contributed by atoms with Gasteiger partial charge in [-0.1, -0.05) is 12.8 Å². The normalized spacial score (nSPS) is 27.9. The molecule has 4 rings (SSSR count). The van der Waals surface area contributed by atoms with Crippen LogP contribution < -0.4 is 15.4 Å². The van der Waals surface area contributed by atoms with Gasteiger partial charge < -0.3 is 15.4 Å². The van der Waals surface area contributed by atoms with Crippen molar-refractivity contribution in [2.75, 3.05) is 25.0 Å². The average Bonchev–Trinajstić information content (AvgIpc) is 3.23. The summed E-state index contributed by atoms with van der Waals surface area (Å²) in [6.07, 6.45) is 0.713. The Bertz CT molecular complexity index is 736. The number of carbonyl (C=O) groups is 1. The molecule has 1 heterocycles. The predicted molar refractivity (Wildman–Crippen MR) is 103 cm³/mol. The second-order valence-corrected chi connectivity index (χ2v) is 8.78. The average molecular weight is 411 g/mol. The number of hydrogen-bond acceptors (Lipinski definition) is 4. The van der Waals surface area contributed by atoms with Crippen LogP contribution in [0.25, 0.3) is 0 Å². The van der Waals surface area contributed by atoms with E-state index in [1.54, 1.807) is 12.1 Å². The van der Waals surface area contributed by atoms with Gasteiger partial charge in [-0.2, -0.15) is 0 Å². The van der Waals surface area contributed by atoms with Gasteiger partial charge in [-0.15, -0.1) is 13.2 Å². The van der Waals surface area contributed by atoms with E-state index in [1.165, 1.54) is 25.0 Å². The third kappa shape index (κ3) is 4.63. The molecule has 3 aliphatic rings. The van der Waals surface area contributed by atoms with Crippen LogP contribution in [0.5, 0.6) is 5.75 Å². The number of ether oxygens (including phenoxy) is 1. The number of halogens is 3. The molecule has 0 unspecified atom stereocenters. The summed E-state index contributed by atoms with van der Waals surface area (Å²) in [6, 6.07) is 6.19. The van der Waals surface area contributed by atoms with Crippen molar-refractivity contribution in [2.24, 2.45) is 23.5 Å². The third-order valence-electron chi connectivity index (χ3n) is 6.85. The summed E-state index contributed by atoms with van der Waals surface area (Å²) in [5, 5.41) is 0. The van der Waals surface area contributed by atoms with Gasteiger partial charge in [0.2, 0.25) is 5.91 Å². The van der Waals surface area contributed by atoms with Crippen LogP contribution >= 0.6 is 0 Å². The fourth-order valence-corrected chi connectivity index (χ4v) is 5.20. The zero-order valence-electron chi connectivity index (χ0n) is 16.6. The summed E-state index contributed by atoms with van der Waals surface area (Å²) >= 11 is 0. The molecule has 1 aromatic carbocycles. The van der Waals surface area contributed by atoms with Gasteiger partial charge in [0.1, 0.15) is 5.75 Å². The quantitative estimate of drug-likeness (QED) is 0.747. The second-order valence-electron chi connectivity index (χ2n) is 8.78. The van der Waals surface area contributed by atoms with E-state index in [0.717, 1.165) is 38.0 Å². The number of rotatable bonds is 7. The monoisotopic (exact) mass is 411 g/mol. The van der Waals surface area contributed by atoms with Crippen LogP contribution in [0, 0.1) is 17.8 Å². The molecule has 29 heavy (non-hydrogen) atoms. The maximum Gasteiger partial charge on any atom is 0.573 e. The minimum absolute atomic E-state index is 0.206. The Morgan fingerprint density at radius 1 is 1.21 bits per heavy atom. The lowest BCUT2D eigenvalue weighted by atomic mass is 9.95. The Balaban J connectivity index is 1.41. The first-order valence-corrected chi connectivity index (χ1v) is 10.3. The molecule has 5 nitrogen and oxygen atoms in total. The van der Waals surface area contributed by atoms with E-state index in [0.29, 0.717) is 23.8 Å². The van der Waals surface area contributed by atoms with Gasteiger partial charge in [-0.25, -0.2) is 0 Å². The number of benzene rings is 1. The minimum atomic E-state index is -4.68. The number of nitrogens with zero attached hydrogens (tertiary/aromatic N) is 2. The van der Waals surface area contributed by atoms with Crippen LogP contribution in [0.1, 0.15) is 32.1 Å². The van der Waals surface area contributed by atoms with Crippen LogP contribution in [-0.2, 0) is 4.79 Å². The highest BCUT2D eigenvalue weighted by Crippen LogP contribution is 2.43. The van der Waals surface area contributed by atoms with Gasteiger partial charge in [0.05, 0.1) is 6.04 Å². The van der Waals surface area contributed by atoms with Crippen molar-refractivity contribution in [1.29, 1.82) is 0 Å². The zero-order chi connectivity index (χ0) is 20.8. The lowest BCUT2D eigenvalue weighted by Crippen LogP contribution is -2.50. The van der Waals surface area contributed by atoms with E-state index in [-0.39, 0.29) is 17.7 Å². The van der Waals surface area contributed by atoms with Gasteiger partial charge in [0.25, 0.3) is 0 Å². The number of likely N-dealkylation sites (N-methyl/N-ethyl adjacent to an activating group) is 1. The second kappa shape index (κ2) is 7.70. The highest BCUT2D eigenvalue weighted by molar-refractivity contribution is 5.80. The molecule has 3 fully saturated rings. The SMILES string of the molecule is CN([C@@H](CC1CC1)C(N)=O)[C@H]1CC[C@@H]2CN(c3ccc(OC(F)(F)F)cc3)C[C@@H]21. The Hall–Kier alpha value is -1.96. The van der Waals surface area contributed by atoms with Crippen LogP contribution in [0.2, 0.25) is 0 Å². The Morgan fingerprint density at radius 2 is 1.90 bits per heavy atom. The number of fused-ring (bicyclic) bond motifs is 1. The molecule has 2 aliphatic carbocycles. The summed E-state index contributed by atoms with van der Waals surface area (Å²) in [5.74, 6) is 1.15. The van der Waals surface area contributed by atoms with Crippen molar-refractivity contribution in [3.8, 4) is 5.75 Å². The topological polar surface area (TPSA) is 58.8 Å². The van der Waals surface area contributed by atoms with E-state index in [2.05, 4.69) is 14.5 Å². The van der Waals surface area contributed by atoms with E-state index in [9.17, 15) is 18.0 Å². The molecule has 0 radical (unpaired) electrons. The first kappa shape index (κ1) is 20.3. The van der Waals surface area contributed by atoms with Gasteiger partial charge >= 0.3 is 6.36 Å². The van der Waals surface area contributed by atoms with Crippen molar-refractivity contribution >= 4 is 11.6 Å². The van der Waals surface area contributed by atoms with E-state index < -0.39 is 6.36 Å². The third-order valence-corrected chi connectivity index (χ3v) is 6.85. The van der Waals surface area contributed by atoms with Crippen molar-refractivity contribution in [3.05, 3.63) is 24.3 Å². The van der Waals surface area contributed by atoms with Crippen molar-refractivity contribution in [3.63, 3.8) is 0 Å². The Morgan fingerprint density at radius 3 is 2.48 bits per heavy atom. The largest absolute Gasteiger partial charge is 0.573 e. The van der Waals surface area contributed by atoms with Crippen LogP contribution in [0.4, 0.5) is 18.9 Å². The molecule has 0 spiro atoms. The molecule has 2 N–H and O–H groups in total. The number of amides is 1. The number of alkyl halides is 3. The van der Waals surface area contributed by atoms with Gasteiger partial charge in [0.15, 0.2) is 0 Å². The van der Waals surface area contributed by atoms with Crippen molar-refractivity contribution in [1.82, 2.24) is 4.90 Å². The maximum absolute atomic E-state index is 12.4. The molecular formula is C21H28F3N3O2. The number of hydrogen-bond donors (Lipinski definition) is 1. The van der Waals surface area contributed by atoms with Crippen LogP contribution in [0.3, 0.4) is 0 Å². The maximum atomic E-state index is 12.4. The molecule has 8 heteroatoms. The molecule has 2 saturated carbocycles. The smallest absolute Gasteiger partial charge is 0.406 e. The summed E-state index contributed by atoms with van der Waals surface area (Å²) in [6.45, 7) is 1.73. The molecule has 1 aromatic rings. The molecule has 1 aliphatic heterocycles. The highest BCUT2D eigenvalue weighted by atomic mass is 19.4. The van der Waals surface area contributed by atoms with Crippen LogP contribution in [-0.4, -0.2) is 49.4 Å². The molecular weight excluding hydrogens is 383 g/mol. The number of anilines is 1. The summed E-state index contributed by atoms with van der Waals surface area (Å²) in [7, 11) is 2.02. The number of nitrogens with two attached hydrogens (primary N) is 1. The lowest BCUT2D eigenvalue weighted by molar-refractivity contribution is -0.274. The molecule has 0 bridgehead atoms. The summed E-state index contributed by atoms with van der Waals surface area (Å²) < 4.78 is 41.0. The van der Waals surface area contributed by atoms with Crippen LogP contribution in [0.15, 0.2) is 24.3 Å². The van der Waals surface area contributed by atoms with E-state index >= 15 is 0 Å². The predicted octanol–water partition coefficient (Wildman–Crippen LogP) is 3.39. The number of carbonyl (C=O) groups excluding carboxylic acids is 1. The molecule has 0 aromatic heterocycles. The molecule has 1 amide bonds. The number of primary amides is 1. The first-order chi connectivity index (χ1) is 13.7. The Kier molecular flexibility index (Phi) is 5.40. The molecule has 160 valence electrons. The fraction of sp³-hybridized carbons (Fsp3) is 0.667. The molecule has 1 saturated heterocycles. The Labute approximate surface area is 169 Å². The van der Waals surface area contributed by atoms with Gasteiger partial charge in [-0.05, 0) is 68.3 Å². The standard InChI is InChI=1S/C21H28F3N3O2/c1-26(19(20(25)28)10-13-2-3-13)18-9-4-14-11-27(12-17(14)18)15-5-7-16(8-6-15)29-21(22,23)24/h5-8,13-14,17-19H,2-4,9-12H2,1H3,(H2,25,28)/t14-,17+,18+,19+/m1/s1. The fourth-order valence-electron chi connectivity index (χ4n) is 5.20. The van der Waals surface area contributed by atoms with E-state index in [4.69, 9.17) is 5.73 Å². The molecule has 4 atom stereocenters. The zero-order valence-corrected chi connectivity index (χ0v) is 16.6. The van der Waals surface area contributed by atoms with Gasteiger partial charge in [-0.3, -0.25) is 9.69 Å². The minimum Gasteiger partial charge on any atom is -0.406 e. The van der Waals surface area contributed by atoms with Crippen molar-refractivity contribution in [2.45, 2.75) is 50.6 Å². The summed E-state index contributed by atoms with van der Waals surface area (Å²) in [4.78, 5) is 16.5. The van der Waals surface area contributed by atoms with Crippen molar-refractivity contribution < 1.29 is 22.7 Å². The summed E-state index contributed by atoms with van der Waals surface area (Å²) in [5.41, 5.74) is 6.61. The van der Waals surface area contributed by atoms with Gasteiger partial charge in [0, 0.05) is 24.8 Å². The lowest BCUT2D eigenvalue weighted by Gasteiger charge is -2.35. The first-order valence-electron chi connectivity index (χ1n) is 10.3.